The number of epoxide rings is 1. The highest BCUT2D eigenvalue weighted by Gasteiger charge is 3.07. The number of hydrogen-bond donors (Lipinski definition) is 5. The van der Waals surface area contributed by atoms with Crippen LogP contribution in [0.1, 0.15) is 53.9 Å². The molecule has 0 amide bonds. The summed E-state index contributed by atoms with van der Waals surface area (Å²) in [5.74, 6) is -1.34. The van der Waals surface area contributed by atoms with Crippen molar-refractivity contribution in [3.8, 4) is 0 Å². The van der Waals surface area contributed by atoms with Gasteiger partial charge in [-0.2, -0.15) is 0 Å². The molecule has 0 radical (unpaired) electrons. The Bertz CT molecular complexity index is 801. The third-order valence-electron chi connectivity index (χ3n) is 9.56. The van der Waals surface area contributed by atoms with Gasteiger partial charge in [0.1, 0.15) is 22.4 Å². The Balaban J connectivity index is 1.90. The number of aliphatic hydroxyl groups is 5. The summed E-state index contributed by atoms with van der Waals surface area (Å²) >= 11 is 0. The van der Waals surface area contributed by atoms with Crippen LogP contribution in [-0.2, 0) is 14.3 Å². The molecule has 158 valence electrons. The van der Waals surface area contributed by atoms with Gasteiger partial charge < -0.3 is 35.0 Å². The Morgan fingerprint density at radius 3 is 2.29 bits per heavy atom. The van der Waals surface area contributed by atoms with E-state index in [1.807, 2.05) is 13.8 Å². The zero-order chi connectivity index (χ0) is 20.9. The van der Waals surface area contributed by atoms with Crippen LogP contribution in [0.5, 0.6) is 0 Å². The van der Waals surface area contributed by atoms with Crippen LogP contribution in [0.3, 0.4) is 0 Å². The maximum absolute atomic E-state index is 12.6. The number of carbonyl (C=O) groups is 1. The zero-order valence-corrected chi connectivity index (χ0v) is 16.9. The van der Waals surface area contributed by atoms with Gasteiger partial charge in [-0.1, -0.05) is 27.7 Å². The average molecular weight is 398 g/mol. The molecule has 0 aromatic rings. The Labute approximate surface area is 163 Å². The van der Waals surface area contributed by atoms with Crippen molar-refractivity contribution in [2.24, 2.45) is 17.3 Å². The standard InChI is InChI=1S/C20H30O8/c1-9(2)17-13-19(25)14(4,8-11(21)27-13)16(23)7-6-10(3)12(22)18(16,24)20(19,26)15(17,5)28-17/h9-10,12-13,22-26H,6-8H2,1-5H3/t10?,12?,13-,14?,15-,16+,17-,18?,19-,20?/m1/s1. The van der Waals surface area contributed by atoms with Gasteiger partial charge in [-0.15, -0.1) is 0 Å². The molecule has 5 unspecified atom stereocenters. The van der Waals surface area contributed by atoms with E-state index >= 15 is 0 Å². The summed E-state index contributed by atoms with van der Waals surface area (Å²) in [6.07, 6.45) is -2.79. The monoisotopic (exact) mass is 398 g/mol. The predicted octanol–water partition coefficient (Wildman–Crippen LogP) is -0.766. The number of carbonyl (C=O) groups excluding carboxylic acids is 1. The molecule has 3 aliphatic carbocycles. The van der Waals surface area contributed by atoms with Crippen molar-refractivity contribution >= 4 is 5.97 Å². The fraction of sp³-hybridized carbons (Fsp3) is 0.950. The maximum atomic E-state index is 12.6. The molecule has 5 rings (SSSR count). The summed E-state index contributed by atoms with van der Waals surface area (Å²) in [6.45, 7) is 8.45. The van der Waals surface area contributed by atoms with Crippen LogP contribution >= 0.6 is 0 Å². The second kappa shape index (κ2) is 4.45. The van der Waals surface area contributed by atoms with Gasteiger partial charge in [0.15, 0.2) is 17.3 Å². The lowest BCUT2D eigenvalue weighted by atomic mass is 9.55. The van der Waals surface area contributed by atoms with E-state index in [0.29, 0.717) is 6.42 Å². The highest BCUT2D eigenvalue weighted by Crippen LogP contribution is 2.84. The third-order valence-corrected chi connectivity index (χ3v) is 9.56. The second-order valence-electron chi connectivity index (χ2n) is 10.5. The molecule has 5 N–H and O–H groups in total. The summed E-state index contributed by atoms with van der Waals surface area (Å²) in [5.41, 5.74) is -13.6. The van der Waals surface area contributed by atoms with Gasteiger partial charge in [-0.3, -0.25) is 4.79 Å². The van der Waals surface area contributed by atoms with Crippen LogP contribution in [0.25, 0.3) is 0 Å². The average Bonchev–Trinajstić information content (AvgIpc) is 3.20. The van der Waals surface area contributed by atoms with Gasteiger partial charge in [-0.25, -0.2) is 0 Å². The van der Waals surface area contributed by atoms with Crippen molar-refractivity contribution in [3.05, 3.63) is 0 Å². The Hall–Kier alpha value is -0.770. The molecule has 5 fully saturated rings. The Morgan fingerprint density at radius 2 is 1.71 bits per heavy atom. The summed E-state index contributed by atoms with van der Waals surface area (Å²) in [4.78, 5) is 12.6. The van der Waals surface area contributed by atoms with Gasteiger partial charge in [0.2, 0.25) is 0 Å². The molecular formula is C20H30O8. The second-order valence-corrected chi connectivity index (χ2v) is 10.5. The molecule has 0 spiro atoms. The van der Waals surface area contributed by atoms with E-state index in [0.717, 1.165) is 0 Å². The van der Waals surface area contributed by atoms with Crippen LogP contribution in [0, 0.1) is 17.3 Å². The van der Waals surface area contributed by atoms with Gasteiger partial charge in [0.05, 0.1) is 12.5 Å². The minimum absolute atomic E-state index is 0.0214. The number of esters is 1. The highest BCUT2D eigenvalue weighted by molar-refractivity contribution is 5.76. The third kappa shape index (κ3) is 1.24. The van der Waals surface area contributed by atoms with Crippen molar-refractivity contribution < 1.29 is 39.8 Å². The molecule has 2 heterocycles. The van der Waals surface area contributed by atoms with E-state index in [1.165, 1.54) is 6.92 Å². The lowest BCUT2D eigenvalue weighted by Crippen LogP contribution is -2.77. The van der Waals surface area contributed by atoms with Crippen LogP contribution in [0.15, 0.2) is 0 Å². The quantitative estimate of drug-likeness (QED) is 0.287. The number of hydrogen-bond acceptors (Lipinski definition) is 8. The van der Waals surface area contributed by atoms with Crippen molar-refractivity contribution in [3.63, 3.8) is 0 Å². The molecule has 0 bridgehead atoms. The van der Waals surface area contributed by atoms with E-state index < -0.39 is 63.1 Å². The molecule has 3 saturated carbocycles. The Morgan fingerprint density at radius 1 is 1.11 bits per heavy atom. The fourth-order valence-electron chi connectivity index (χ4n) is 8.03. The minimum atomic E-state index is -2.50. The molecule has 5 aliphatic rings. The number of rotatable bonds is 1. The van der Waals surface area contributed by atoms with Crippen molar-refractivity contribution in [1.29, 1.82) is 0 Å². The van der Waals surface area contributed by atoms with Gasteiger partial charge >= 0.3 is 5.97 Å². The first-order valence-corrected chi connectivity index (χ1v) is 10.1. The summed E-state index contributed by atoms with van der Waals surface area (Å²) in [6, 6.07) is 0. The normalized spacial score (nSPS) is 67.0. The predicted molar refractivity (Wildman–Crippen MR) is 93.9 cm³/mol. The van der Waals surface area contributed by atoms with Gasteiger partial charge in [0, 0.05) is 5.41 Å². The SMILES string of the molecule is CC1CC[C@@]2(O)C(O)(C1O)C1(O)[C@@]3(O)[C@H](OC(=O)CC23C)[C@@]2(C(C)C)O[C@@]12C. The van der Waals surface area contributed by atoms with Crippen LogP contribution < -0.4 is 0 Å². The van der Waals surface area contributed by atoms with Gasteiger partial charge in [0.25, 0.3) is 0 Å². The molecule has 28 heavy (non-hydrogen) atoms. The highest BCUT2D eigenvalue weighted by atomic mass is 16.7. The summed E-state index contributed by atoms with van der Waals surface area (Å²) in [5, 5.41) is 59.3. The molecule has 8 nitrogen and oxygen atoms in total. The maximum Gasteiger partial charge on any atom is 0.307 e. The van der Waals surface area contributed by atoms with Crippen LogP contribution in [0.4, 0.5) is 0 Å². The summed E-state index contributed by atoms with van der Waals surface area (Å²) < 4.78 is 11.6. The molecule has 2 saturated heterocycles. The first kappa shape index (κ1) is 19.2. The topological polar surface area (TPSA) is 140 Å². The lowest BCUT2D eigenvalue weighted by Gasteiger charge is -2.56. The largest absolute Gasteiger partial charge is 0.456 e. The molecule has 2 aliphatic heterocycles. The van der Waals surface area contributed by atoms with Crippen molar-refractivity contribution in [1.82, 2.24) is 0 Å². The molecular weight excluding hydrogens is 368 g/mol. The van der Waals surface area contributed by atoms with E-state index in [9.17, 15) is 30.3 Å². The van der Waals surface area contributed by atoms with E-state index in [4.69, 9.17) is 9.47 Å². The fourth-order valence-corrected chi connectivity index (χ4v) is 8.03. The first-order valence-electron chi connectivity index (χ1n) is 10.1. The lowest BCUT2D eigenvalue weighted by molar-refractivity contribution is -0.314. The molecule has 0 aromatic heterocycles. The summed E-state index contributed by atoms with van der Waals surface area (Å²) in [7, 11) is 0. The van der Waals surface area contributed by atoms with E-state index in [2.05, 4.69) is 0 Å². The first-order chi connectivity index (χ1) is 12.7. The molecule has 8 heteroatoms. The minimum Gasteiger partial charge on any atom is -0.456 e. The molecule has 10 atom stereocenters. The van der Waals surface area contributed by atoms with E-state index in [1.54, 1.807) is 13.8 Å². The van der Waals surface area contributed by atoms with Crippen molar-refractivity contribution in [2.75, 3.05) is 0 Å². The molecule has 0 aromatic carbocycles. The van der Waals surface area contributed by atoms with E-state index in [-0.39, 0.29) is 18.8 Å². The zero-order valence-electron chi connectivity index (χ0n) is 16.9. The number of ether oxygens (including phenoxy) is 2. The number of fused-ring (bicyclic) bond motifs is 6. The van der Waals surface area contributed by atoms with Crippen LogP contribution in [0.2, 0.25) is 0 Å². The smallest absolute Gasteiger partial charge is 0.307 e. The Kier molecular flexibility index (Phi) is 3.06. The van der Waals surface area contributed by atoms with Crippen LogP contribution in [-0.4, -0.2) is 77.3 Å². The van der Waals surface area contributed by atoms with Crippen molar-refractivity contribution in [2.45, 2.75) is 99.7 Å². The number of aliphatic hydroxyl groups excluding tert-OH is 1. The van der Waals surface area contributed by atoms with Gasteiger partial charge in [-0.05, 0) is 31.6 Å².